The SMILES string of the molecule is CC1CC=C(n2c3ccccc3c3ccccc32)C=C1c1cccc2c3ccccc3n(-c3ccc4oc5ccc(-n6c7ccccc7c7ccccc76)cc5c4c3)c12. The molecule has 278 valence electrons. The third-order valence-corrected chi connectivity index (χ3v) is 12.9. The van der Waals surface area contributed by atoms with Crippen LogP contribution in [0.2, 0.25) is 0 Å². The Morgan fingerprint density at radius 2 is 0.864 bits per heavy atom. The van der Waals surface area contributed by atoms with Crippen molar-refractivity contribution in [2.24, 2.45) is 5.92 Å². The van der Waals surface area contributed by atoms with E-state index in [2.05, 4.69) is 209 Å². The Bertz CT molecular complexity index is 3680. The lowest BCUT2D eigenvalue weighted by atomic mass is 9.86. The molecular formula is C55H37N3O. The number of para-hydroxylation sites is 6. The Morgan fingerprint density at radius 1 is 0.424 bits per heavy atom. The first-order valence-electron chi connectivity index (χ1n) is 20.6. The van der Waals surface area contributed by atoms with Crippen LogP contribution in [0.25, 0.3) is 110 Å². The molecule has 59 heavy (non-hydrogen) atoms. The predicted molar refractivity (Wildman–Crippen MR) is 248 cm³/mol. The van der Waals surface area contributed by atoms with E-state index < -0.39 is 0 Å². The number of aromatic nitrogens is 3. The molecule has 4 aromatic heterocycles. The topological polar surface area (TPSA) is 27.9 Å². The van der Waals surface area contributed by atoms with Gasteiger partial charge in [0.2, 0.25) is 0 Å². The van der Waals surface area contributed by atoms with Gasteiger partial charge in [-0.15, -0.1) is 0 Å². The second-order valence-corrected chi connectivity index (χ2v) is 16.1. The normalized spacial score (nSPS) is 14.8. The zero-order valence-electron chi connectivity index (χ0n) is 32.4. The summed E-state index contributed by atoms with van der Waals surface area (Å²) in [5.74, 6) is 0.337. The number of rotatable bonds is 4. The molecule has 0 radical (unpaired) electrons. The van der Waals surface area contributed by atoms with Gasteiger partial charge in [-0.05, 0) is 90.7 Å². The molecule has 8 aromatic carbocycles. The maximum atomic E-state index is 6.55. The van der Waals surface area contributed by atoms with Crippen LogP contribution in [0, 0.1) is 5.92 Å². The van der Waals surface area contributed by atoms with E-state index in [1.165, 1.54) is 82.3 Å². The molecule has 0 aliphatic heterocycles. The Labute approximate surface area is 339 Å². The minimum Gasteiger partial charge on any atom is -0.456 e. The zero-order chi connectivity index (χ0) is 38.8. The quantitative estimate of drug-likeness (QED) is 0.176. The van der Waals surface area contributed by atoms with E-state index in [0.29, 0.717) is 5.92 Å². The molecule has 0 amide bonds. The minimum absolute atomic E-state index is 0.337. The van der Waals surface area contributed by atoms with Gasteiger partial charge >= 0.3 is 0 Å². The zero-order valence-corrected chi connectivity index (χ0v) is 32.4. The summed E-state index contributed by atoms with van der Waals surface area (Å²) in [6, 6.07) is 64.0. The van der Waals surface area contributed by atoms with E-state index in [1.807, 2.05) is 0 Å². The molecule has 1 atom stereocenters. The average molecular weight is 756 g/mol. The first-order valence-corrected chi connectivity index (χ1v) is 20.6. The summed E-state index contributed by atoms with van der Waals surface area (Å²) in [7, 11) is 0. The van der Waals surface area contributed by atoms with Gasteiger partial charge in [-0.1, -0.05) is 122 Å². The lowest BCUT2D eigenvalue weighted by molar-refractivity contribution is 0.669. The number of fused-ring (bicyclic) bond motifs is 12. The van der Waals surface area contributed by atoms with Crippen LogP contribution in [0.4, 0.5) is 0 Å². The van der Waals surface area contributed by atoms with Crippen molar-refractivity contribution in [1.82, 2.24) is 13.7 Å². The second-order valence-electron chi connectivity index (χ2n) is 16.1. The van der Waals surface area contributed by atoms with Crippen LogP contribution >= 0.6 is 0 Å². The van der Waals surface area contributed by atoms with Crippen molar-refractivity contribution >= 4 is 98.6 Å². The number of hydrogen-bond acceptors (Lipinski definition) is 1. The maximum Gasteiger partial charge on any atom is 0.135 e. The van der Waals surface area contributed by atoms with Crippen molar-refractivity contribution in [2.45, 2.75) is 13.3 Å². The molecule has 0 spiro atoms. The maximum absolute atomic E-state index is 6.55. The number of furan rings is 1. The van der Waals surface area contributed by atoms with E-state index in [4.69, 9.17) is 4.42 Å². The Kier molecular flexibility index (Phi) is 6.74. The van der Waals surface area contributed by atoms with Crippen LogP contribution < -0.4 is 0 Å². The number of benzene rings is 8. The molecule has 0 bridgehead atoms. The lowest BCUT2D eigenvalue weighted by Crippen LogP contribution is -2.08. The van der Waals surface area contributed by atoms with E-state index in [9.17, 15) is 0 Å². The van der Waals surface area contributed by atoms with Gasteiger partial charge in [0.25, 0.3) is 0 Å². The van der Waals surface area contributed by atoms with E-state index in [0.717, 1.165) is 39.7 Å². The van der Waals surface area contributed by atoms with Gasteiger partial charge < -0.3 is 18.1 Å². The monoisotopic (exact) mass is 755 g/mol. The third-order valence-electron chi connectivity index (χ3n) is 12.9. The molecule has 1 aliphatic rings. The fourth-order valence-corrected chi connectivity index (χ4v) is 10.2. The van der Waals surface area contributed by atoms with E-state index >= 15 is 0 Å². The Morgan fingerprint density at radius 3 is 1.41 bits per heavy atom. The van der Waals surface area contributed by atoms with Gasteiger partial charge in [0.15, 0.2) is 0 Å². The second kappa shape index (κ2) is 12.2. The number of nitrogens with zero attached hydrogens (tertiary/aromatic N) is 3. The fraction of sp³-hybridized carbons (Fsp3) is 0.0545. The molecule has 0 saturated heterocycles. The molecule has 0 N–H and O–H groups in total. The van der Waals surface area contributed by atoms with Crippen LogP contribution in [0.1, 0.15) is 18.9 Å². The number of allylic oxidation sites excluding steroid dienone is 4. The molecule has 1 unspecified atom stereocenters. The summed E-state index contributed by atoms with van der Waals surface area (Å²) >= 11 is 0. The summed E-state index contributed by atoms with van der Waals surface area (Å²) in [5, 5.41) is 9.78. The van der Waals surface area contributed by atoms with Crippen molar-refractivity contribution in [3.8, 4) is 11.4 Å². The molecule has 12 aromatic rings. The highest BCUT2D eigenvalue weighted by Crippen LogP contribution is 2.44. The standard InChI is InChI=1S/C55H37N3O/c1-34-25-26-35(56-48-20-7-2-13-38(48)39-14-3-8-21-49(39)56)31-45(34)44-19-12-18-43-42-17-6-11-24-52(42)58(55(43)44)37-28-30-54-47(33-37)46-32-36(27-29-53(46)59-54)57-50-22-9-4-15-40(50)41-16-5-10-23-51(41)57/h2-24,26-34H,25H2,1H3. The highest BCUT2D eigenvalue weighted by atomic mass is 16.3. The third kappa shape index (κ3) is 4.60. The summed E-state index contributed by atoms with van der Waals surface area (Å²) in [6.45, 7) is 2.37. The van der Waals surface area contributed by atoms with E-state index in [-0.39, 0.29) is 0 Å². The smallest absolute Gasteiger partial charge is 0.135 e. The molecular weight excluding hydrogens is 719 g/mol. The molecule has 4 heterocycles. The molecule has 0 fully saturated rings. The Balaban J connectivity index is 1.03. The average Bonchev–Trinajstić information content (AvgIpc) is 4.03. The highest BCUT2D eigenvalue weighted by molar-refractivity contribution is 6.15. The van der Waals surface area contributed by atoms with Crippen molar-refractivity contribution in [3.63, 3.8) is 0 Å². The molecule has 1 aliphatic carbocycles. The minimum atomic E-state index is 0.337. The lowest BCUT2D eigenvalue weighted by Gasteiger charge is -2.24. The fourth-order valence-electron chi connectivity index (χ4n) is 10.2. The first kappa shape index (κ1) is 32.5. The first-order chi connectivity index (χ1) is 29.2. The van der Waals surface area contributed by atoms with Gasteiger partial charge in [0.1, 0.15) is 11.2 Å². The van der Waals surface area contributed by atoms with E-state index in [1.54, 1.807) is 0 Å². The van der Waals surface area contributed by atoms with Gasteiger partial charge in [0.05, 0.1) is 33.1 Å². The molecule has 0 saturated carbocycles. The summed E-state index contributed by atoms with van der Waals surface area (Å²) in [4.78, 5) is 0. The predicted octanol–water partition coefficient (Wildman–Crippen LogP) is 14.9. The largest absolute Gasteiger partial charge is 0.456 e. The number of hydrogen-bond donors (Lipinski definition) is 0. The van der Waals surface area contributed by atoms with Crippen molar-refractivity contribution in [3.05, 3.63) is 194 Å². The summed E-state index contributed by atoms with van der Waals surface area (Å²) < 4.78 is 13.9. The summed E-state index contributed by atoms with van der Waals surface area (Å²) in [5.41, 5.74) is 15.1. The van der Waals surface area contributed by atoms with Gasteiger partial charge in [-0.25, -0.2) is 0 Å². The van der Waals surface area contributed by atoms with Crippen LogP contribution in [0.15, 0.2) is 192 Å². The van der Waals surface area contributed by atoms with Crippen LogP contribution in [-0.2, 0) is 0 Å². The van der Waals surface area contributed by atoms with Crippen LogP contribution in [0.3, 0.4) is 0 Å². The van der Waals surface area contributed by atoms with Gasteiger partial charge in [-0.2, -0.15) is 0 Å². The van der Waals surface area contributed by atoms with Crippen LogP contribution in [-0.4, -0.2) is 13.7 Å². The van der Waals surface area contributed by atoms with Crippen molar-refractivity contribution < 1.29 is 4.42 Å². The highest BCUT2D eigenvalue weighted by Gasteiger charge is 2.24. The molecule has 13 rings (SSSR count). The molecule has 4 nitrogen and oxygen atoms in total. The molecule has 4 heteroatoms. The van der Waals surface area contributed by atoms with Crippen LogP contribution in [0.5, 0.6) is 0 Å². The Hall–Kier alpha value is -7.56. The van der Waals surface area contributed by atoms with Gasteiger partial charge in [0, 0.05) is 65.7 Å². The van der Waals surface area contributed by atoms with Crippen molar-refractivity contribution in [1.29, 1.82) is 0 Å². The summed E-state index contributed by atoms with van der Waals surface area (Å²) in [6.07, 6.45) is 5.83. The van der Waals surface area contributed by atoms with Crippen molar-refractivity contribution in [2.75, 3.05) is 0 Å². The van der Waals surface area contributed by atoms with Gasteiger partial charge in [-0.3, -0.25) is 0 Å².